The fraction of sp³-hybridized carbons (Fsp3) is 0.750. The van der Waals surface area contributed by atoms with Gasteiger partial charge in [-0.25, -0.2) is 0 Å². The van der Waals surface area contributed by atoms with Gasteiger partial charge in [0.25, 0.3) is 0 Å². The second-order valence-corrected chi connectivity index (χ2v) is 1.31. The maximum atomic E-state index is 8.19. The molecule has 0 saturated heterocycles. The molecule has 0 aromatic heterocycles. The minimum atomic E-state index is -2.39. The third-order valence-corrected chi connectivity index (χ3v) is 0.232. The molecule has 1 atom stereocenters. The van der Waals surface area contributed by atoms with Gasteiger partial charge >= 0.3 is 0 Å². The van der Waals surface area contributed by atoms with Crippen molar-refractivity contribution in [2.75, 3.05) is 0 Å². The molecular formula is C4H8N2. The number of nitriles is 1. The van der Waals surface area contributed by atoms with E-state index in [-0.39, 0.29) is 0 Å². The molecule has 0 fully saturated rings. The van der Waals surface area contributed by atoms with Crippen LogP contribution in [0.25, 0.3) is 0 Å². The van der Waals surface area contributed by atoms with Gasteiger partial charge in [-0.1, -0.05) is 0 Å². The molecule has 0 bridgehead atoms. The highest BCUT2D eigenvalue weighted by Gasteiger charge is 2.04. The molecule has 1 unspecified atom stereocenters. The second kappa shape index (κ2) is 1.27. The van der Waals surface area contributed by atoms with E-state index in [0.717, 1.165) is 0 Å². The molecule has 34 valence electrons. The van der Waals surface area contributed by atoms with Crippen LogP contribution in [0, 0.1) is 11.3 Å². The van der Waals surface area contributed by atoms with E-state index in [1.807, 2.05) is 0 Å². The first-order valence-corrected chi connectivity index (χ1v) is 1.51. The van der Waals surface area contributed by atoms with Crippen molar-refractivity contribution in [3.05, 3.63) is 0 Å². The Labute approximate surface area is 41.8 Å². The van der Waals surface area contributed by atoms with Gasteiger partial charge in [0.05, 0.1) is 11.6 Å². The summed E-state index contributed by atoms with van der Waals surface area (Å²) in [4.78, 5) is 0. The molecule has 0 spiro atoms. The summed E-state index contributed by atoms with van der Waals surface area (Å²) in [7, 11) is 0. The Hall–Kier alpha value is -0.550. The van der Waals surface area contributed by atoms with Gasteiger partial charge in [0.2, 0.25) is 0 Å². The molecule has 2 N–H and O–H groups in total. The average molecular weight is 87.1 g/mol. The summed E-state index contributed by atoms with van der Waals surface area (Å²) in [5, 5.41) is 8.19. The van der Waals surface area contributed by atoms with Crippen molar-refractivity contribution in [1.82, 2.24) is 0 Å². The van der Waals surface area contributed by atoms with Crippen LogP contribution in [0.3, 0.4) is 0 Å². The smallest absolute Gasteiger partial charge is 0.0981 e. The molecule has 2 nitrogen and oxygen atoms in total. The Morgan fingerprint density at radius 3 is 2.67 bits per heavy atom. The van der Waals surface area contributed by atoms with Crippen molar-refractivity contribution in [1.29, 1.82) is 5.26 Å². The molecule has 2 heteroatoms. The lowest BCUT2D eigenvalue weighted by Crippen LogP contribution is -2.28. The summed E-state index contributed by atoms with van der Waals surface area (Å²) in [5.74, 6) is 0. The van der Waals surface area contributed by atoms with Gasteiger partial charge in [-0.05, 0) is 13.8 Å². The van der Waals surface area contributed by atoms with E-state index in [9.17, 15) is 0 Å². The lowest BCUT2D eigenvalue weighted by Gasteiger charge is -2.02. The Bertz CT molecular complexity index is 141. The third-order valence-electron chi connectivity index (χ3n) is 0.232. The fourth-order valence-electron chi connectivity index (χ4n) is 0. The molecule has 0 aromatic carbocycles. The van der Waals surface area contributed by atoms with Gasteiger partial charge in [0, 0.05) is 4.11 Å². The first-order chi connectivity index (χ1) is 3.81. The zero-order valence-electron chi connectivity index (χ0n) is 6.52. The predicted molar refractivity (Wildman–Crippen MR) is 23.9 cm³/mol. The van der Waals surface area contributed by atoms with Crippen molar-refractivity contribution >= 4 is 0 Å². The topological polar surface area (TPSA) is 49.8 Å². The van der Waals surface area contributed by atoms with E-state index < -0.39 is 12.4 Å². The van der Waals surface area contributed by atoms with Crippen molar-refractivity contribution in [3.63, 3.8) is 0 Å². The monoisotopic (exact) mass is 87.1 g/mol. The van der Waals surface area contributed by atoms with Gasteiger partial charge in [-0.3, -0.25) is 0 Å². The van der Waals surface area contributed by atoms with Crippen LogP contribution in [0.5, 0.6) is 0 Å². The molecule has 0 aromatic rings. The number of rotatable bonds is 0. The minimum Gasteiger partial charge on any atom is -0.314 e. The zero-order chi connectivity index (χ0) is 7.71. The average Bonchev–Trinajstić information content (AvgIpc) is 1.64. The Kier molecular flexibility index (Phi) is 0.413. The highest BCUT2D eigenvalue weighted by atomic mass is 14.7. The molecule has 0 saturated carbocycles. The number of hydrogen-bond donors (Lipinski definition) is 1. The van der Waals surface area contributed by atoms with Gasteiger partial charge < -0.3 is 5.73 Å². The minimum absolute atomic E-state index is 1.18. The lowest BCUT2D eigenvalue weighted by molar-refractivity contribution is 0.670. The number of nitrogens with two attached hydrogens (primary N) is 1. The van der Waals surface area contributed by atoms with Crippen LogP contribution in [0.15, 0.2) is 0 Å². The molecule has 0 amide bonds. The van der Waals surface area contributed by atoms with Gasteiger partial charge in [0.15, 0.2) is 0 Å². The van der Waals surface area contributed by atoms with Crippen LogP contribution in [-0.2, 0) is 0 Å². The molecule has 0 aliphatic carbocycles. The maximum Gasteiger partial charge on any atom is 0.0981 e. The van der Waals surface area contributed by atoms with E-state index >= 15 is 0 Å². The van der Waals surface area contributed by atoms with Crippen LogP contribution in [0.4, 0.5) is 0 Å². The summed E-state index contributed by atoms with van der Waals surface area (Å²) in [5.41, 5.74) is 3.35. The van der Waals surface area contributed by atoms with Crippen molar-refractivity contribution < 1.29 is 4.11 Å². The quantitative estimate of drug-likeness (QED) is 0.460. The standard InChI is InChI=1S/C4H8N2/c1-4(2,6)3-5/h6H2,1-2H3/i1D3. The van der Waals surface area contributed by atoms with E-state index in [0.29, 0.717) is 0 Å². The van der Waals surface area contributed by atoms with Crippen LogP contribution >= 0.6 is 0 Å². The Balaban J connectivity index is 4.39. The summed E-state index contributed by atoms with van der Waals surface area (Å²) in [6.07, 6.45) is 0. The van der Waals surface area contributed by atoms with E-state index in [4.69, 9.17) is 15.1 Å². The van der Waals surface area contributed by atoms with Crippen LogP contribution in [-0.4, -0.2) is 5.54 Å². The van der Waals surface area contributed by atoms with Crippen LogP contribution < -0.4 is 5.73 Å². The third kappa shape index (κ3) is 3.45. The maximum absolute atomic E-state index is 8.19. The van der Waals surface area contributed by atoms with Gasteiger partial charge in [-0.2, -0.15) is 5.26 Å². The molecular weight excluding hydrogens is 76.1 g/mol. The first-order valence-electron chi connectivity index (χ1n) is 3.01. The second-order valence-electron chi connectivity index (χ2n) is 1.31. The summed E-state index contributed by atoms with van der Waals surface area (Å²) < 4.78 is 20.2. The molecule has 0 aliphatic rings. The van der Waals surface area contributed by atoms with E-state index in [1.165, 1.54) is 13.0 Å². The number of nitrogens with zero attached hydrogens (tertiary/aromatic N) is 1. The van der Waals surface area contributed by atoms with Gasteiger partial charge in [-0.15, -0.1) is 0 Å². The summed E-state index contributed by atoms with van der Waals surface area (Å²) in [6, 6.07) is 1.50. The Morgan fingerprint density at radius 1 is 2.17 bits per heavy atom. The highest BCUT2D eigenvalue weighted by molar-refractivity contribution is 4.96. The summed E-state index contributed by atoms with van der Waals surface area (Å²) >= 11 is 0. The van der Waals surface area contributed by atoms with Crippen molar-refractivity contribution in [2.45, 2.75) is 19.3 Å². The highest BCUT2D eigenvalue weighted by Crippen LogP contribution is 1.88. The van der Waals surface area contributed by atoms with Crippen LogP contribution in [0.2, 0.25) is 0 Å². The lowest BCUT2D eigenvalue weighted by atomic mass is 10.1. The van der Waals surface area contributed by atoms with Crippen molar-refractivity contribution in [2.24, 2.45) is 5.73 Å². The normalized spacial score (nSPS) is 27.8. The van der Waals surface area contributed by atoms with E-state index in [2.05, 4.69) is 0 Å². The predicted octanol–water partition coefficient (Wildman–Crippen LogP) is 0.247. The SMILES string of the molecule is [2H]C([2H])([2H])C(C)(N)C#N. The molecule has 0 heterocycles. The molecule has 0 radical (unpaired) electrons. The van der Waals surface area contributed by atoms with Gasteiger partial charge in [0.1, 0.15) is 0 Å². The molecule has 0 rings (SSSR count). The zero-order valence-corrected chi connectivity index (χ0v) is 3.52. The van der Waals surface area contributed by atoms with Crippen molar-refractivity contribution in [3.8, 4) is 6.07 Å². The van der Waals surface area contributed by atoms with E-state index in [1.54, 1.807) is 0 Å². The largest absolute Gasteiger partial charge is 0.314 e. The Morgan fingerprint density at radius 2 is 2.67 bits per heavy atom. The van der Waals surface area contributed by atoms with Crippen LogP contribution in [0.1, 0.15) is 17.9 Å². The number of hydrogen-bond acceptors (Lipinski definition) is 2. The first kappa shape index (κ1) is 1.94. The molecule has 0 aliphatic heterocycles. The summed E-state index contributed by atoms with van der Waals surface area (Å²) in [6.45, 7) is -1.21. The fourth-order valence-corrected chi connectivity index (χ4v) is 0. The molecule has 6 heavy (non-hydrogen) atoms.